The molecule has 0 saturated heterocycles. The van der Waals surface area contributed by atoms with E-state index in [-0.39, 0.29) is 5.56 Å². The third kappa shape index (κ3) is 4.31. The Bertz CT molecular complexity index is 739. The minimum Gasteiger partial charge on any atom is -0.422 e. The maximum atomic E-state index is 14.0. The van der Waals surface area contributed by atoms with Gasteiger partial charge in [0.1, 0.15) is 5.75 Å². The number of alkyl halides is 11. The summed E-state index contributed by atoms with van der Waals surface area (Å²) in [6.07, 6.45) is -21.0. The summed E-state index contributed by atoms with van der Waals surface area (Å²) in [4.78, 5) is 11.4. The van der Waals surface area contributed by atoms with Gasteiger partial charge in [-0.1, -0.05) is 6.07 Å². The molecule has 1 aromatic rings. The largest absolute Gasteiger partial charge is 0.462 e. The lowest BCUT2D eigenvalue weighted by atomic mass is 10.1. The molecule has 0 saturated carbocycles. The molecule has 0 unspecified atom stereocenters. The Kier molecular flexibility index (Phi) is 6.02. The van der Waals surface area contributed by atoms with Crippen LogP contribution in [0.1, 0.15) is 11.1 Å². The zero-order valence-corrected chi connectivity index (χ0v) is 13.6. The molecule has 0 N–H and O–H groups in total. The third-order valence-electron chi connectivity index (χ3n) is 3.31. The molecule has 0 spiro atoms. The fraction of sp³-hybridized carbons (Fsp3) is 0.500. The molecule has 0 aliphatic heterocycles. The third-order valence-corrected chi connectivity index (χ3v) is 3.31. The first-order chi connectivity index (χ1) is 12.3. The zero-order chi connectivity index (χ0) is 22.3. The summed E-state index contributed by atoms with van der Waals surface area (Å²) >= 11 is 0. The number of carbonyl (C=O) groups is 1. The van der Waals surface area contributed by atoms with Crippen LogP contribution >= 0.6 is 0 Å². The quantitative estimate of drug-likeness (QED) is 0.361. The van der Waals surface area contributed by atoms with Gasteiger partial charge in [-0.3, -0.25) is 4.74 Å². The van der Waals surface area contributed by atoms with Gasteiger partial charge in [-0.2, -0.15) is 48.3 Å². The second-order valence-electron chi connectivity index (χ2n) is 5.42. The van der Waals surface area contributed by atoms with E-state index in [2.05, 4.69) is 9.47 Å². The van der Waals surface area contributed by atoms with Crippen molar-refractivity contribution in [1.82, 2.24) is 0 Å². The first-order valence-electron chi connectivity index (χ1n) is 6.84. The molecule has 28 heavy (non-hydrogen) atoms. The molecule has 0 radical (unpaired) electrons. The van der Waals surface area contributed by atoms with Crippen molar-refractivity contribution in [2.75, 3.05) is 0 Å². The summed E-state index contributed by atoms with van der Waals surface area (Å²) in [6.45, 7) is 2.85. The average Bonchev–Trinajstić information content (AvgIpc) is 2.48. The number of halogens is 11. The lowest BCUT2D eigenvalue weighted by molar-refractivity contribution is -0.474. The lowest BCUT2D eigenvalue weighted by Crippen LogP contribution is -2.62. The van der Waals surface area contributed by atoms with Crippen molar-refractivity contribution in [3.8, 4) is 5.75 Å². The van der Waals surface area contributed by atoms with E-state index in [1.165, 1.54) is 13.8 Å². The lowest BCUT2D eigenvalue weighted by Gasteiger charge is -2.33. The summed E-state index contributed by atoms with van der Waals surface area (Å²) in [5.74, 6) is -17.8. The second kappa shape index (κ2) is 7.04. The molecular formula is C14H9F11O3. The summed E-state index contributed by atoms with van der Waals surface area (Å²) in [6, 6.07) is 2.80. The van der Waals surface area contributed by atoms with Crippen LogP contribution in [-0.2, 0) is 9.53 Å². The predicted molar refractivity (Wildman–Crippen MR) is 68.5 cm³/mol. The Morgan fingerprint density at radius 3 is 1.68 bits per heavy atom. The number of benzene rings is 1. The smallest absolute Gasteiger partial charge is 0.422 e. The van der Waals surface area contributed by atoms with Crippen molar-refractivity contribution in [2.45, 2.75) is 44.1 Å². The molecule has 1 rings (SSSR count). The highest BCUT2D eigenvalue weighted by Gasteiger charge is 2.80. The molecule has 0 heterocycles. The monoisotopic (exact) mass is 434 g/mol. The summed E-state index contributed by atoms with van der Waals surface area (Å²) < 4.78 is 146. The Morgan fingerprint density at radius 1 is 0.786 bits per heavy atom. The van der Waals surface area contributed by atoms with Gasteiger partial charge in [0, 0.05) is 0 Å². The van der Waals surface area contributed by atoms with Gasteiger partial charge in [-0.05, 0) is 37.1 Å². The predicted octanol–water partition coefficient (Wildman–Crippen LogP) is 5.24. The minimum atomic E-state index is -7.26. The SMILES string of the molecule is Cc1ccc(OC(=O)[C@](F)(OC(F)(F)C(F)(F)C(F)(F)F)C(F)(F)F)cc1C. The summed E-state index contributed by atoms with van der Waals surface area (Å²) in [7, 11) is 0. The van der Waals surface area contributed by atoms with Gasteiger partial charge in [0.05, 0.1) is 0 Å². The van der Waals surface area contributed by atoms with Crippen LogP contribution < -0.4 is 4.74 Å². The second-order valence-corrected chi connectivity index (χ2v) is 5.42. The number of esters is 1. The Balaban J connectivity index is 3.32. The number of hydrogen-bond acceptors (Lipinski definition) is 3. The van der Waals surface area contributed by atoms with E-state index in [4.69, 9.17) is 0 Å². The van der Waals surface area contributed by atoms with Crippen LogP contribution in [-0.4, -0.2) is 36.2 Å². The summed E-state index contributed by atoms with van der Waals surface area (Å²) in [5.41, 5.74) is 0.784. The van der Waals surface area contributed by atoms with Crippen LogP contribution in [0.5, 0.6) is 5.75 Å². The fourth-order valence-electron chi connectivity index (χ4n) is 1.57. The molecule has 0 aliphatic carbocycles. The highest BCUT2D eigenvalue weighted by molar-refractivity contribution is 5.81. The molecule has 0 amide bonds. The topological polar surface area (TPSA) is 35.5 Å². The van der Waals surface area contributed by atoms with Crippen LogP contribution in [0.3, 0.4) is 0 Å². The fourth-order valence-corrected chi connectivity index (χ4v) is 1.57. The van der Waals surface area contributed by atoms with Crippen LogP contribution in [0.15, 0.2) is 18.2 Å². The van der Waals surface area contributed by atoms with E-state index < -0.39 is 42.0 Å². The minimum absolute atomic E-state index is 0.275. The van der Waals surface area contributed by atoms with E-state index in [0.717, 1.165) is 18.2 Å². The molecule has 14 heteroatoms. The van der Waals surface area contributed by atoms with Gasteiger partial charge in [-0.15, -0.1) is 0 Å². The first-order valence-corrected chi connectivity index (χ1v) is 6.84. The Hall–Kier alpha value is -2.12. The van der Waals surface area contributed by atoms with Gasteiger partial charge in [-0.25, -0.2) is 4.79 Å². The van der Waals surface area contributed by atoms with Crippen LogP contribution in [0.25, 0.3) is 0 Å². The number of aryl methyl sites for hydroxylation is 2. The Morgan fingerprint density at radius 2 is 1.29 bits per heavy atom. The van der Waals surface area contributed by atoms with Crippen molar-refractivity contribution < 1.29 is 62.6 Å². The number of hydrogen-bond donors (Lipinski definition) is 0. The number of rotatable bonds is 5. The number of ether oxygens (including phenoxy) is 2. The average molecular weight is 434 g/mol. The van der Waals surface area contributed by atoms with Crippen LogP contribution in [0, 0.1) is 13.8 Å². The molecule has 1 atom stereocenters. The molecule has 160 valence electrons. The molecule has 0 aliphatic rings. The van der Waals surface area contributed by atoms with Gasteiger partial charge >= 0.3 is 36.2 Å². The van der Waals surface area contributed by atoms with E-state index in [1.807, 2.05) is 0 Å². The van der Waals surface area contributed by atoms with Crippen LogP contribution in [0.4, 0.5) is 48.3 Å². The Labute approximate surface area is 149 Å². The van der Waals surface area contributed by atoms with E-state index in [0.29, 0.717) is 5.56 Å². The van der Waals surface area contributed by atoms with Gasteiger partial charge in [0.2, 0.25) is 0 Å². The molecule has 1 aromatic carbocycles. The molecule has 0 aromatic heterocycles. The number of carbonyl (C=O) groups excluding carboxylic acids is 1. The van der Waals surface area contributed by atoms with Crippen LogP contribution in [0.2, 0.25) is 0 Å². The van der Waals surface area contributed by atoms with Crippen molar-refractivity contribution in [1.29, 1.82) is 0 Å². The summed E-state index contributed by atoms with van der Waals surface area (Å²) in [5, 5.41) is 0. The normalized spacial score (nSPS) is 15.9. The van der Waals surface area contributed by atoms with E-state index in [9.17, 15) is 53.1 Å². The van der Waals surface area contributed by atoms with Crippen molar-refractivity contribution in [3.05, 3.63) is 29.3 Å². The van der Waals surface area contributed by atoms with Gasteiger partial charge in [0.15, 0.2) is 0 Å². The van der Waals surface area contributed by atoms with Crippen molar-refractivity contribution >= 4 is 5.97 Å². The maximum absolute atomic E-state index is 14.0. The molecule has 0 bridgehead atoms. The van der Waals surface area contributed by atoms with Gasteiger partial charge in [0.25, 0.3) is 0 Å². The van der Waals surface area contributed by atoms with Gasteiger partial charge < -0.3 is 4.74 Å². The first kappa shape index (κ1) is 23.9. The zero-order valence-electron chi connectivity index (χ0n) is 13.6. The highest BCUT2D eigenvalue weighted by Crippen LogP contribution is 2.51. The van der Waals surface area contributed by atoms with E-state index >= 15 is 0 Å². The molecule has 3 nitrogen and oxygen atoms in total. The standard InChI is InChI=1S/C14H9F11O3/c1-6-3-4-8(5-7(6)2)27-9(26)10(15,12(18,19)20)28-14(24,25)11(16,17)13(21,22)23/h3-5H,1-2H3/t10-/m0/s1. The highest BCUT2D eigenvalue weighted by atomic mass is 19.4. The van der Waals surface area contributed by atoms with Crippen molar-refractivity contribution in [2.24, 2.45) is 0 Å². The maximum Gasteiger partial charge on any atom is 0.462 e. The van der Waals surface area contributed by atoms with Crippen molar-refractivity contribution in [3.63, 3.8) is 0 Å². The molecular weight excluding hydrogens is 425 g/mol. The van der Waals surface area contributed by atoms with E-state index in [1.54, 1.807) is 0 Å². The molecule has 0 fully saturated rings.